The van der Waals surface area contributed by atoms with Gasteiger partial charge in [-0.2, -0.15) is 0 Å². The Balaban J connectivity index is 4.19. The molecule has 0 aromatic heterocycles. The summed E-state index contributed by atoms with van der Waals surface area (Å²) in [6.07, 6.45) is 1.38. The van der Waals surface area contributed by atoms with Crippen molar-refractivity contribution >= 4 is 23.7 Å². The Morgan fingerprint density at radius 3 is 2.20 bits per heavy atom. The third-order valence-electron chi connectivity index (χ3n) is 2.44. The van der Waals surface area contributed by atoms with Crippen molar-refractivity contribution in [2.75, 3.05) is 12.9 Å². The first-order valence-electron chi connectivity index (χ1n) is 4.96. The van der Waals surface area contributed by atoms with Crippen molar-refractivity contribution in [1.29, 1.82) is 0 Å². The summed E-state index contributed by atoms with van der Waals surface area (Å²) >= 11 is 1.32. The number of carbonyl (C=O) groups excluding carboxylic acids is 1. The number of hydrogen-bond donors (Lipinski definition) is 1. The zero-order valence-corrected chi connectivity index (χ0v) is 10.2. The number of carboxylic acid groups (broad SMARTS) is 1. The van der Waals surface area contributed by atoms with Crippen LogP contribution >= 0.6 is 11.8 Å². The third-order valence-corrected chi connectivity index (χ3v) is 4.16. The van der Waals surface area contributed by atoms with Crippen molar-refractivity contribution < 1.29 is 19.4 Å². The van der Waals surface area contributed by atoms with Crippen LogP contribution in [0.5, 0.6) is 0 Å². The van der Waals surface area contributed by atoms with Crippen molar-refractivity contribution in [1.82, 2.24) is 0 Å². The van der Waals surface area contributed by atoms with Gasteiger partial charge in [0, 0.05) is 5.75 Å². The van der Waals surface area contributed by atoms with Gasteiger partial charge in [-0.05, 0) is 12.8 Å². The first-order chi connectivity index (χ1) is 7.02. The fourth-order valence-electron chi connectivity index (χ4n) is 1.25. The highest BCUT2D eigenvalue weighted by atomic mass is 32.2. The number of aliphatic carboxylic acids is 1. The van der Waals surface area contributed by atoms with Gasteiger partial charge >= 0.3 is 11.9 Å². The molecule has 5 heteroatoms. The molecular formula is C10H18O4S. The minimum absolute atomic E-state index is 0.260. The van der Waals surface area contributed by atoms with E-state index in [1.807, 2.05) is 13.8 Å². The van der Waals surface area contributed by atoms with Gasteiger partial charge in [0.15, 0.2) is 0 Å². The highest BCUT2D eigenvalue weighted by Crippen LogP contribution is 2.33. The molecule has 0 spiro atoms. The molecule has 0 aliphatic rings. The van der Waals surface area contributed by atoms with Gasteiger partial charge in [0.2, 0.25) is 0 Å². The maximum Gasteiger partial charge on any atom is 0.319 e. The van der Waals surface area contributed by atoms with E-state index >= 15 is 0 Å². The van der Waals surface area contributed by atoms with E-state index in [1.54, 1.807) is 0 Å². The molecule has 0 unspecified atom stereocenters. The van der Waals surface area contributed by atoms with Crippen LogP contribution in [-0.2, 0) is 14.3 Å². The molecule has 0 bridgehead atoms. The van der Waals surface area contributed by atoms with E-state index in [2.05, 4.69) is 4.74 Å². The van der Waals surface area contributed by atoms with E-state index in [4.69, 9.17) is 5.11 Å². The summed E-state index contributed by atoms with van der Waals surface area (Å²) in [7, 11) is 1.33. The van der Waals surface area contributed by atoms with Crippen molar-refractivity contribution in [2.24, 2.45) is 0 Å². The average Bonchev–Trinajstić information content (AvgIpc) is 2.24. The molecule has 0 fully saturated rings. The molecule has 0 radical (unpaired) electrons. The molecule has 0 aromatic rings. The lowest BCUT2D eigenvalue weighted by molar-refractivity contribution is -0.141. The Morgan fingerprint density at radius 1 is 1.33 bits per heavy atom. The number of hydrogen-bond acceptors (Lipinski definition) is 4. The first kappa shape index (κ1) is 14.3. The van der Waals surface area contributed by atoms with Gasteiger partial charge in [0.1, 0.15) is 4.75 Å². The number of rotatable bonds is 7. The summed E-state index contributed by atoms with van der Waals surface area (Å²) in [6, 6.07) is 0. The van der Waals surface area contributed by atoms with E-state index in [9.17, 15) is 9.59 Å². The molecule has 15 heavy (non-hydrogen) atoms. The first-order valence-corrected chi connectivity index (χ1v) is 5.95. The molecule has 0 aliphatic carbocycles. The van der Waals surface area contributed by atoms with E-state index in [0.717, 1.165) is 0 Å². The second-order valence-electron chi connectivity index (χ2n) is 3.18. The Labute approximate surface area is 94.4 Å². The van der Waals surface area contributed by atoms with Crippen LogP contribution in [0.1, 0.15) is 33.1 Å². The smallest absolute Gasteiger partial charge is 0.319 e. The van der Waals surface area contributed by atoms with Crippen LogP contribution in [0.4, 0.5) is 0 Å². The van der Waals surface area contributed by atoms with Gasteiger partial charge in [-0.3, -0.25) is 9.59 Å². The molecule has 4 nitrogen and oxygen atoms in total. The Kier molecular flexibility index (Phi) is 6.40. The molecule has 0 saturated carbocycles. The zero-order valence-electron chi connectivity index (χ0n) is 9.41. The van der Waals surface area contributed by atoms with Crippen LogP contribution in [0.2, 0.25) is 0 Å². The van der Waals surface area contributed by atoms with Gasteiger partial charge < -0.3 is 9.84 Å². The SMILES string of the molecule is CCC(CC)(SCCC(=O)OC)C(=O)O. The predicted octanol–water partition coefficient (Wildman–Crippen LogP) is 1.93. The lowest BCUT2D eigenvalue weighted by atomic mass is 10.0. The van der Waals surface area contributed by atoms with Gasteiger partial charge in [-0.1, -0.05) is 13.8 Å². The summed E-state index contributed by atoms with van der Waals surface area (Å²) in [5.74, 6) is -0.614. The third kappa shape index (κ3) is 4.11. The van der Waals surface area contributed by atoms with E-state index in [-0.39, 0.29) is 12.4 Å². The van der Waals surface area contributed by atoms with Crippen LogP contribution in [0.15, 0.2) is 0 Å². The molecule has 0 rings (SSSR count). The monoisotopic (exact) mass is 234 g/mol. The molecule has 0 aromatic carbocycles. The second-order valence-corrected chi connectivity index (χ2v) is 4.66. The maximum absolute atomic E-state index is 11.1. The van der Waals surface area contributed by atoms with Crippen LogP contribution < -0.4 is 0 Å². The summed E-state index contributed by atoms with van der Waals surface area (Å²) in [5.41, 5.74) is 0. The normalized spacial score (nSPS) is 11.1. The summed E-state index contributed by atoms with van der Waals surface area (Å²) in [5, 5.41) is 9.11. The van der Waals surface area contributed by atoms with Crippen LogP contribution in [0.25, 0.3) is 0 Å². The number of carboxylic acids is 1. The molecule has 0 atom stereocenters. The molecule has 0 heterocycles. The van der Waals surface area contributed by atoms with Gasteiger partial charge in [0.25, 0.3) is 0 Å². The number of methoxy groups -OCH3 is 1. The standard InChI is InChI=1S/C10H18O4S/c1-4-10(5-2,9(12)13)15-7-6-8(11)14-3/h4-7H2,1-3H3,(H,12,13). The topological polar surface area (TPSA) is 63.6 Å². The second kappa shape index (κ2) is 6.71. The highest BCUT2D eigenvalue weighted by Gasteiger charge is 2.35. The fraction of sp³-hybridized carbons (Fsp3) is 0.800. The largest absolute Gasteiger partial charge is 0.480 e. The average molecular weight is 234 g/mol. The number of ether oxygens (including phenoxy) is 1. The zero-order chi connectivity index (χ0) is 11.9. The minimum atomic E-state index is -0.803. The quantitative estimate of drug-likeness (QED) is 0.682. The Morgan fingerprint density at radius 2 is 1.87 bits per heavy atom. The molecule has 88 valence electrons. The maximum atomic E-state index is 11.1. The summed E-state index contributed by atoms with van der Waals surface area (Å²) < 4.78 is 3.74. The lowest BCUT2D eigenvalue weighted by Gasteiger charge is -2.25. The van der Waals surface area contributed by atoms with Gasteiger partial charge in [-0.15, -0.1) is 11.8 Å². The van der Waals surface area contributed by atoms with Gasteiger partial charge in [0.05, 0.1) is 13.5 Å². The van der Waals surface area contributed by atoms with E-state index < -0.39 is 10.7 Å². The predicted molar refractivity (Wildman–Crippen MR) is 60.0 cm³/mol. The molecule has 0 saturated heterocycles. The van der Waals surface area contributed by atoms with E-state index in [0.29, 0.717) is 18.6 Å². The molecular weight excluding hydrogens is 216 g/mol. The number of thioether (sulfide) groups is 1. The van der Waals surface area contributed by atoms with Crippen molar-refractivity contribution in [2.45, 2.75) is 37.9 Å². The van der Waals surface area contributed by atoms with Gasteiger partial charge in [-0.25, -0.2) is 0 Å². The van der Waals surface area contributed by atoms with Crippen molar-refractivity contribution in [3.05, 3.63) is 0 Å². The Bertz CT molecular complexity index is 223. The van der Waals surface area contributed by atoms with Crippen molar-refractivity contribution in [3.8, 4) is 0 Å². The lowest BCUT2D eigenvalue weighted by Crippen LogP contribution is -2.34. The summed E-state index contributed by atoms with van der Waals surface area (Å²) in [4.78, 5) is 22.0. The molecule has 0 aliphatic heterocycles. The number of carbonyl (C=O) groups is 2. The Hall–Kier alpha value is -0.710. The van der Waals surface area contributed by atoms with E-state index in [1.165, 1.54) is 18.9 Å². The molecule has 1 N–H and O–H groups in total. The molecule has 0 amide bonds. The minimum Gasteiger partial charge on any atom is -0.480 e. The highest BCUT2D eigenvalue weighted by molar-refractivity contribution is 8.01. The van der Waals surface area contributed by atoms with Crippen LogP contribution in [0, 0.1) is 0 Å². The summed E-state index contributed by atoms with van der Waals surface area (Å²) in [6.45, 7) is 3.70. The fourth-order valence-corrected chi connectivity index (χ4v) is 2.44. The van der Waals surface area contributed by atoms with Crippen molar-refractivity contribution in [3.63, 3.8) is 0 Å². The van der Waals surface area contributed by atoms with Crippen LogP contribution in [0.3, 0.4) is 0 Å². The van der Waals surface area contributed by atoms with Crippen LogP contribution in [-0.4, -0.2) is 34.7 Å². The number of esters is 1.